The van der Waals surface area contributed by atoms with Crippen LogP contribution in [0.4, 0.5) is 13.2 Å². The molecule has 1 aliphatic rings. The highest BCUT2D eigenvalue weighted by Crippen LogP contribution is 2.38. The van der Waals surface area contributed by atoms with Gasteiger partial charge >= 0.3 is 6.18 Å². The number of thioether (sulfide) groups is 1. The van der Waals surface area contributed by atoms with E-state index in [4.69, 9.17) is 9.83 Å². The molecule has 2 heterocycles. The summed E-state index contributed by atoms with van der Waals surface area (Å²) in [5, 5.41) is 9.65. The van der Waals surface area contributed by atoms with E-state index in [0.717, 1.165) is 17.8 Å². The Morgan fingerprint density at radius 3 is 2.57 bits per heavy atom. The van der Waals surface area contributed by atoms with Gasteiger partial charge in [-0.3, -0.25) is 10.2 Å². The molecule has 1 saturated heterocycles. The van der Waals surface area contributed by atoms with Crippen LogP contribution in [-0.4, -0.2) is 11.1 Å². The smallest absolute Gasteiger partial charge is 0.417 e. The van der Waals surface area contributed by atoms with Crippen LogP contribution in [0.15, 0.2) is 45.7 Å². The van der Waals surface area contributed by atoms with E-state index in [1.807, 2.05) is 0 Å². The van der Waals surface area contributed by atoms with E-state index in [1.165, 1.54) is 36.4 Å². The number of benzene rings is 1. The maximum absolute atomic E-state index is 13.0. The number of rotatable bonds is 2. The summed E-state index contributed by atoms with van der Waals surface area (Å²) in [6.45, 7) is 0. The van der Waals surface area contributed by atoms with Gasteiger partial charge in [0.2, 0.25) is 0 Å². The Hall–Kier alpha value is -2.48. The molecule has 1 fully saturated rings. The van der Waals surface area contributed by atoms with Gasteiger partial charge in [0.05, 0.1) is 10.5 Å². The van der Waals surface area contributed by atoms with E-state index in [1.54, 1.807) is 0 Å². The number of carbonyl (C=O) groups is 1. The number of carbonyl (C=O) groups excluding carboxylic acids is 1. The fraction of sp³-hybridized carbons (Fsp3) is 0.0667. The van der Waals surface area contributed by atoms with Crippen LogP contribution in [0.3, 0.4) is 0 Å². The van der Waals surface area contributed by atoms with Gasteiger partial charge in [0.25, 0.3) is 5.91 Å². The SMILES string of the molecule is N=C1NC(=O)/C(=C/c2ccc(-c3ccccc3C(F)(F)F)o2)S1. The van der Waals surface area contributed by atoms with Crippen molar-refractivity contribution in [2.45, 2.75) is 6.18 Å². The molecule has 0 radical (unpaired) electrons. The summed E-state index contributed by atoms with van der Waals surface area (Å²) in [6.07, 6.45) is -3.10. The van der Waals surface area contributed by atoms with Crippen LogP contribution in [0.1, 0.15) is 11.3 Å². The number of alkyl halides is 3. The van der Waals surface area contributed by atoms with Crippen molar-refractivity contribution in [3.63, 3.8) is 0 Å². The van der Waals surface area contributed by atoms with Gasteiger partial charge in [-0.05, 0) is 30.0 Å². The largest absolute Gasteiger partial charge is 0.457 e. The second-order valence-corrected chi connectivity index (χ2v) is 5.69. The van der Waals surface area contributed by atoms with Gasteiger partial charge in [-0.2, -0.15) is 13.2 Å². The minimum Gasteiger partial charge on any atom is -0.457 e. The summed E-state index contributed by atoms with van der Waals surface area (Å²) >= 11 is 0.925. The number of hydrogen-bond acceptors (Lipinski definition) is 4. The third-order valence-electron chi connectivity index (χ3n) is 3.06. The van der Waals surface area contributed by atoms with Crippen LogP contribution in [0, 0.1) is 5.41 Å². The van der Waals surface area contributed by atoms with E-state index < -0.39 is 17.6 Å². The molecule has 1 aromatic heterocycles. The summed E-state index contributed by atoms with van der Waals surface area (Å²) in [5.41, 5.74) is -0.857. The lowest BCUT2D eigenvalue weighted by molar-refractivity contribution is -0.137. The molecular weight excluding hydrogens is 329 g/mol. The number of furan rings is 1. The number of hydrogen-bond donors (Lipinski definition) is 2. The molecule has 2 aromatic rings. The highest BCUT2D eigenvalue weighted by Gasteiger charge is 2.34. The zero-order chi connectivity index (χ0) is 16.6. The Bertz CT molecular complexity index is 824. The number of amides is 1. The molecule has 0 aliphatic carbocycles. The van der Waals surface area contributed by atoms with E-state index in [2.05, 4.69) is 5.32 Å². The second kappa shape index (κ2) is 5.62. The summed E-state index contributed by atoms with van der Waals surface area (Å²) in [5.74, 6) is -0.138. The van der Waals surface area contributed by atoms with Crippen molar-refractivity contribution >= 4 is 28.9 Å². The van der Waals surface area contributed by atoms with Crippen LogP contribution in [0.2, 0.25) is 0 Å². The average Bonchev–Trinajstić information content (AvgIpc) is 3.05. The number of nitrogens with one attached hydrogen (secondary N) is 2. The van der Waals surface area contributed by atoms with Crippen molar-refractivity contribution in [2.75, 3.05) is 0 Å². The number of amidine groups is 1. The predicted octanol–water partition coefficient (Wildman–Crippen LogP) is 4.10. The molecule has 8 heteroatoms. The fourth-order valence-electron chi connectivity index (χ4n) is 2.09. The zero-order valence-corrected chi connectivity index (χ0v) is 12.2. The number of halogens is 3. The van der Waals surface area contributed by atoms with Crippen molar-refractivity contribution in [3.8, 4) is 11.3 Å². The maximum atomic E-state index is 13.0. The first-order valence-corrected chi connectivity index (χ1v) is 7.22. The van der Waals surface area contributed by atoms with Crippen molar-refractivity contribution in [3.05, 3.63) is 52.6 Å². The monoisotopic (exact) mass is 338 g/mol. The second-order valence-electron chi connectivity index (χ2n) is 4.64. The minimum absolute atomic E-state index is 0.00422. The van der Waals surface area contributed by atoms with E-state index in [0.29, 0.717) is 0 Å². The molecule has 1 amide bonds. The lowest BCUT2D eigenvalue weighted by atomic mass is 10.1. The van der Waals surface area contributed by atoms with Crippen LogP contribution in [0.25, 0.3) is 17.4 Å². The summed E-state index contributed by atoms with van der Waals surface area (Å²) in [7, 11) is 0. The van der Waals surface area contributed by atoms with E-state index >= 15 is 0 Å². The predicted molar refractivity (Wildman–Crippen MR) is 80.6 cm³/mol. The van der Waals surface area contributed by atoms with E-state index in [-0.39, 0.29) is 27.2 Å². The molecule has 118 valence electrons. The van der Waals surface area contributed by atoms with Crippen molar-refractivity contribution < 1.29 is 22.4 Å². The van der Waals surface area contributed by atoms with Crippen molar-refractivity contribution in [1.29, 1.82) is 5.41 Å². The average molecular weight is 338 g/mol. The third-order valence-corrected chi connectivity index (χ3v) is 3.89. The normalized spacial score (nSPS) is 16.9. The van der Waals surface area contributed by atoms with Crippen LogP contribution in [-0.2, 0) is 11.0 Å². The highest BCUT2D eigenvalue weighted by molar-refractivity contribution is 8.18. The molecular formula is C15H9F3N2O2S. The summed E-state index contributed by atoms with van der Waals surface area (Å²) < 4.78 is 44.5. The van der Waals surface area contributed by atoms with Gasteiger partial charge in [-0.25, -0.2) is 0 Å². The summed E-state index contributed by atoms with van der Waals surface area (Å²) in [4.78, 5) is 11.8. The molecule has 1 aliphatic heterocycles. The molecule has 23 heavy (non-hydrogen) atoms. The Morgan fingerprint density at radius 1 is 1.17 bits per heavy atom. The highest BCUT2D eigenvalue weighted by atomic mass is 32.2. The minimum atomic E-state index is -4.49. The quantitative estimate of drug-likeness (QED) is 0.810. The first-order valence-electron chi connectivity index (χ1n) is 6.40. The maximum Gasteiger partial charge on any atom is 0.417 e. The van der Waals surface area contributed by atoms with Crippen LogP contribution >= 0.6 is 11.8 Å². The topological polar surface area (TPSA) is 66.1 Å². The molecule has 0 unspecified atom stereocenters. The van der Waals surface area contributed by atoms with Gasteiger partial charge in [0, 0.05) is 11.6 Å². The van der Waals surface area contributed by atoms with Gasteiger partial charge in [0.15, 0.2) is 5.17 Å². The van der Waals surface area contributed by atoms with Crippen LogP contribution < -0.4 is 5.32 Å². The van der Waals surface area contributed by atoms with Crippen molar-refractivity contribution in [2.24, 2.45) is 0 Å². The third kappa shape index (κ3) is 3.16. The van der Waals surface area contributed by atoms with Gasteiger partial charge in [0.1, 0.15) is 11.5 Å². The lowest BCUT2D eigenvalue weighted by Gasteiger charge is -2.10. The Labute approximate surface area is 132 Å². The Kier molecular flexibility index (Phi) is 3.77. The first-order chi connectivity index (χ1) is 10.8. The Morgan fingerprint density at radius 2 is 1.91 bits per heavy atom. The molecule has 0 bridgehead atoms. The standard InChI is InChI=1S/C15H9F3N2O2S/c16-15(17,18)10-4-2-1-3-9(10)11-6-5-8(22-11)7-12-13(21)20-14(19)23-12/h1-7H,(H2,19,20,21)/b12-7-. The zero-order valence-electron chi connectivity index (χ0n) is 11.4. The lowest BCUT2D eigenvalue weighted by Crippen LogP contribution is -2.18. The molecule has 2 N–H and O–H groups in total. The molecule has 3 rings (SSSR count). The molecule has 1 aromatic carbocycles. The van der Waals surface area contributed by atoms with Gasteiger partial charge < -0.3 is 9.73 Å². The Balaban J connectivity index is 1.96. The van der Waals surface area contributed by atoms with Crippen molar-refractivity contribution in [1.82, 2.24) is 5.32 Å². The fourth-order valence-corrected chi connectivity index (χ4v) is 2.77. The summed E-state index contributed by atoms with van der Waals surface area (Å²) in [6, 6.07) is 8.00. The molecule has 0 saturated carbocycles. The van der Waals surface area contributed by atoms with E-state index in [9.17, 15) is 18.0 Å². The first kappa shape index (κ1) is 15.4. The molecule has 4 nitrogen and oxygen atoms in total. The molecule has 0 atom stereocenters. The molecule has 0 spiro atoms. The van der Waals surface area contributed by atoms with Gasteiger partial charge in [-0.15, -0.1) is 0 Å². The van der Waals surface area contributed by atoms with Crippen LogP contribution in [0.5, 0.6) is 0 Å². The van der Waals surface area contributed by atoms with Gasteiger partial charge in [-0.1, -0.05) is 18.2 Å².